The Morgan fingerprint density at radius 3 is 2.86 bits per heavy atom. The fraction of sp³-hybridized carbons (Fsp3) is 0.312. The van der Waals surface area contributed by atoms with E-state index in [-0.39, 0.29) is 29.8 Å². The molecule has 2 rings (SSSR count). The second kappa shape index (κ2) is 7.14. The highest BCUT2D eigenvalue weighted by Gasteiger charge is 2.14. The van der Waals surface area contributed by atoms with Crippen LogP contribution >= 0.6 is 11.8 Å². The van der Waals surface area contributed by atoms with Crippen molar-refractivity contribution < 1.29 is 4.79 Å². The number of para-hydroxylation sites is 1. The van der Waals surface area contributed by atoms with Gasteiger partial charge in [-0.15, -0.1) is 6.42 Å². The standard InChI is InChI=1S/C16H17N3O2S/c1-4-9-17-14(20)10-22-16-18-13-8-6-5-7-12(13)15(21)19(16)11(2)3/h1,5-8,11H,9-10H2,2-3H3,(H,17,20). The van der Waals surface area contributed by atoms with Crippen molar-refractivity contribution in [2.75, 3.05) is 12.3 Å². The highest BCUT2D eigenvalue weighted by Crippen LogP contribution is 2.20. The molecule has 0 radical (unpaired) electrons. The van der Waals surface area contributed by atoms with Crippen molar-refractivity contribution in [3.8, 4) is 12.3 Å². The van der Waals surface area contributed by atoms with Crippen molar-refractivity contribution in [1.82, 2.24) is 14.9 Å². The van der Waals surface area contributed by atoms with Gasteiger partial charge in [0, 0.05) is 6.04 Å². The summed E-state index contributed by atoms with van der Waals surface area (Å²) in [5.74, 6) is 2.33. The maximum atomic E-state index is 12.6. The average molecular weight is 315 g/mol. The Morgan fingerprint density at radius 2 is 2.18 bits per heavy atom. The number of nitrogens with one attached hydrogen (secondary N) is 1. The first-order valence-corrected chi connectivity index (χ1v) is 7.87. The summed E-state index contributed by atoms with van der Waals surface area (Å²) in [5.41, 5.74) is 0.545. The molecule has 0 saturated carbocycles. The van der Waals surface area contributed by atoms with E-state index in [2.05, 4.69) is 16.2 Å². The Balaban J connectivity index is 2.36. The number of thioether (sulfide) groups is 1. The Bertz CT molecular complexity index is 790. The van der Waals surface area contributed by atoms with Crippen LogP contribution in [0.4, 0.5) is 0 Å². The lowest BCUT2D eigenvalue weighted by molar-refractivity contribution is -0.118. The third kappa shape index (κ3) is 3.49. The topological polar surface area (TPSA) is 64.0 Å². The smallest absolute Gasteiger partial charge is 0.262 e. The molecule has 0 atom stereocenters. The average Bonchev–Trinajstić information content (AvgIpc) is 2.50. The molecule has 0 aliphatic carbocycles. The summed E-state index contributed by atoms with van der Waals surface area (Å²) in [6.45, 7) is 4.03. The molecule has 2 aromatic rings. The van der Waals surface area contributed by atoms with Gasteiger partial charge < -0.3 is 5.32 Å². The molecule has 0 aliphatic heterocycles. The zero-order valence-corrected chi connectivity index (χ0v) is 13.3. The van der Waals surface area contributed by atoms with Gasteiger partial charge in [0.15, 0.2) is 5.16 Å². The largest absolute Gasteiger partial charge is 0.344 e. The first-order valence-electron chi connectivity index (χ1n) is 6.89. The van der Waals surface area contributed by atoms with Gasteiger partial charge in [-0.05, 0) is 26.0 Å². The molecule has 1 amide bonds. The van der Waals surface area contributed by atoms with Gasteiger partial charge in [-0.3, -0.25) is 14.2 Å². The molecule has 1 aromatic heterocycles. The van der Waals surface area contributed by atoms with E-state index in [1.54, 1.807) is 16.7 Å². The van der Waals surface area contributed by atoms with Gasteiger partial charge in [-0.2, -0.15) is 0 Å². The Kier molecular flexibility index (Phi) is 5.23. The zero-order valence-electron chi connectivity index (χ0n) is 12.5. The number of aromatic nitrogens is 2. The predicted octanol–water partition coefficient (Wildman–Crippen LogP) is 1.82. The lowest BCUT2D eigenvalue weighted by atomic mass is 10.2. The predicted molar refractivity (Wildman–Crippen MR) is 89.0 cm³/mol. The van der Waals surface area contributed by atoms with Gasteiger partial charge in [0.2, 0.25) is 5.91 Å². The molecule has 1 aromatic carbocycles. The first-order chi connectivity index (χ1) is 10.5. The highest BCUT2D eigenvalue weighted by molar-refractivity contribution is 7.99. The Morgan fingerprint density at radius 1 is 1.45 bits per heavy atom. The van der Waals surface area contributed by atoms with Crippen LogP contribution in [0.15, 0.2) is 34.2 Å². The molecule has 22 heavy (non-hydrogen) atoms. The Labute approximate surface area is 133 Å². The minimum Gasteiger partial charge on any atom is -0.344 e. The van der Waals surface area contributed by atoms with E-state index in [1.165, 1.54) is 11.8 Å². The maximum Gasteiger partial charge on any atom is 0.262 e. The third-order valence-corrected chi connectivity index (χ3v) is 3.96. The van der Waals surface area contributed by atoms with E-state index in [9.17, 15) is 9.59 Å². The van der Waals surface area contributed by atoms with Crippen molar-refractivity contribution in [2.45, 2.75) is 25.0 Å². The van der Waals surface area contributed by atoms with Crippen LogP contribution in [0.25, 0.3) is 10.9 Å². The fourth-order valence-electron chi connectivity index (χ4n) is 2.01. The highest BCUT2D eigenvalue weighted by atomic mass is 32.2. The zero-order chi connectivity index (χ0) is 16.1. The van der Waals surface area contributed by atoms with Gasteiger partial charge in [0.05, 0.1) is 23.2 Å². The summed E-state index contributed by atoms with van der Waals surface area (Å²) < 4.78 is 1.61. The molecular formula is C16H17N3O2S. The number of fused-ring (bicyclic) bond motifs is 1. The van der Waals surface area contributed by atoms with Gasteiger partial charge in [-0.1, -0.05) is 29.8 Å². The van der Waals surface area contributed by atoms with Gasteiger partial charge in [0.1, 0.15) is 0 Å². The van der Waals surface area contributed by atoms with Crippen LogP contribution in [0, 0.1) is 12.3 Å². The van der Waals surface area contributed by atoms with E-state index in [0.29, 0.717) is 16.1 Å². The molecule has 6 heteroatoms. The van der Waals surface area contributed by atoms with Crippen molar-refractivity contribution in [2.24, 2.45) is 0 Å². The summed E-state index contributed by atoms with van der Waals surface area (Å²) in [7, 11) is 0. The normalized spacial score (nSPS) is 10.6. The van der Waals surface area contributed by atoms with E-state index in [0.717, 1.165) is 0 Å². The number of terminal acetylenes is 1. The van der Waals surface area contributed by atoms with Gasteiger partial charge >= 0.3 is 0 Å². The lowest BCUT2D eigenvalue weighted by Gasteiger charge is -2.15. The summed E-state index contributed by atoms with van der Waals surface area (Å²) in [5, 5.41) is 3.71. The molecule has 114 valence electrons. The Hall–Kier alpha value is -2.26. The number of hydrogen-bond donors (Lipinski definition) is 1. The van der Waals surface area contributed by atoms with Crippen LogP contribution in [0.1, 0.15) is 19.9 Å². The molecule has 1 N–H and O–H groups in total. The number of amides is 1. The van der Waals surface area contributed by atoms with Crippen LogP contribution in [0.3, 0.4) is 0 Å². The second-order valence-electron chi connectivity index (χ2n) is 4.95. The van der Waals surface area contributed by atoms with Crippen molar-refractivity contribution in [1.29, 1.82) is 0 Å². The van der Waals surface area contributed by atoms with Crippen molar-refractivity contribution in [3.63, 3.8) is 0 Å². The van der Waals surface area contributed by atoms with Crippen LogP contribution in [-0.4, -0.2) is 27.8 Å². The molecular weight excluding hydrogens is 298 g/mol. The van der Waals surface area contributed by atoms with E-state index < -0.39 is 0 Å². The lowest BCUT2D eigenvalue weighted by Crippen LogP contribution is -2.28. The molecule has 0 spiro atoms. The second-order valence-corrected chi connectivity index (χ2v) is 5.89. The molecule has 0 saturated heterocycles. The quantitative estimate of drug-likeness (QED) is 0.519. The summed E-state index contributed by atoms with van der Waals surface area (Å²) in [6, 6.07) is 7.17. The number of benzene rings is 1. The minimum absolute atomic E-state index is 0.0409. The molecule has 5 nitrogen and oxygen atoms in total. The number of hydrogen-bond acceptors (Lipinski definition) is 4. The minimum atomic E-state index is -0.180. The van der Waals surface area contributed by atoms with E-state index >= 15 is 0 Å². The van der Waals surface area contributed by atoms with Gasteiger partial charge in [0.25, 0.3) is 5.56 Å². The maximum absolute atomic E-state index is 12.6. The summed E-state index contributed by atoms with van der Waals surface area (Å²) in [6.07, 6.45) is 5.10. The summed E-state index contributed by atoms with van der Waals surface area (Å²) in [4.78, 5) is 28.8. The van der Waals surface area contributed by atoms with Crippen LogP contribution in [0.5, 0.6) is 0 Å². The van der Waals surface area contributed by atoms with Crippen LogP contribution in [0.2, 0.25) is 0 Å². The van der Waals surface area contributed by atoms with Gasteiger partial charge in [-0.25, -0.2) is 4.98 Å². The van der Waals surface area contributed by atoms with Crippen molar-refractivity contribution >= 4 is 28.6 Å². The SMILES string of the molecule is C#CCNC(=O)CSc1nc2ccccc2c(=O)n1C(C)C. The fourth-order valence-corrected chi connectivity index (χ4v) is 2.97. The summed E-state index contributed by atoms with van der Waals surface area (Å²) >= 11 is 1.23. The molecule has 0 bridgehead atoms. The molecule has 0 fully saturated rings. The third-order valence-electron chi connectivity index (χ3n) is 3.01. The number of carbonyl (C=O) groups excluding carboxylic acids is 1. The first kappa shape index (κ1) is 16.1. The van der Waals surface area contributed by atoms with Crippen LogP contribution < -0.4 is 10.9 Å². The van der Waals surface area contributed by atoms with E-state index in [1.807, 2.05) is 26.0 Å². The van der Waals surface area contributed by atoms with Crippen molar-refractivity contribution in [3.05, 3.63) is 34.6 Å². The molecule has 0 unspecified atom stereocenters. The van der Waals surface area contributed by atoms with E-state index in [4.69, 9.17) is 6.42 Å². The number of nitrogens with zero attached hydrogens (tertiary/aromatic N) is 2. The number of carbonyl (C=O) groups is 1. The molecule has 0 aliphatic rings. The van der Waals surface area contributed by atoms with Crippen LogP contribution in [-0.2, 0) is 4.79 Å². The monoisotopic (exact) mass is 315 g/mol. The molecule has 1 heterocycles. The number of rotatable bonds is 5.